The topological polar surface area (TPSA) is 115 Å². The molecule has 9 nitrogen and oxygen atoms in total. The SMILES string of the molecule is CC(C)(C)c1ccc(Oc2ccc3c(c2)-c2nc-3nc3[n-]c(nc4nc(nc5[n-]c(n2)c2ccccc52)-c2ccccc2-4)c2ccccc32)cc1.[Zn+2]. The Labute approximate surface area is 311 Å². The van der Waals surface area contributed by atoms with Crippen LogP contribution >= 0.6 is 0 Å². The van der Waals surface area contributed by atoms with Crippen molar-refractivity contribution < 1.29 is 24.2 Å². The summed E-state index contributed by atoms with van der Waals surface area (Å²) in [5, 5.41) is 3.45. The molecule has 2 aliphatic heterocycles. The summed E-state index contributed by atoms with van der Waals surface area (Å²) in [5.74, 6) is 3.43. The summed E-state index contributed by atoms with van der Waals surface area (Å²) in [4.78, 5) is 40.0. The van der Waals surface area contributed by atoms with Gasteiger partial charge in [0.05, 0.1) is 23.3 Å². The van der Waals surface area contributed by atoms with Gasteiger partial charge in [0.2, 0.25) is 0 Å². The minimum Gasteiger partial charge on any atom is -0.457 e. The molecule has 52 heavy (non-hydrogen) atoms. The van der Waals surface area contributed by atoms with Gasteiger partial charge in [0.1, 0.15) is 11.5 Å². The molecule has 0 saturated carbocycles. The van der Waals surface area contributed by atoms with Crippen molar-refractivity contribution in [2.75, 3.05) is 0 Å². The minimum atomic E-state index is 0. The second-order valence-corrected chi connectivity index (χ2v) is 13.7. The third-order valence-corrected chi connectivity index (χ3v) is 9.35. The number of ether oxygens (including phenoxy) is 1. The van der Waals surface area contributed by atoms with E-state index in [4.69, 9.17) is 44.6 Å². The van der Waals surface area contributed by atoms with Crippen LogP contribution in [-0.4, -0.2) is 29.9 Å². The van der Waals surface area contributed by atoms with Crippen LogP contribution in [-0.2, 0) is 24.9 Å². The Hall–Kier alpha value is -6.12. The van der Waals surface area contributed by atoms with Gasteiger partial charge in [0.25, 0.3) is 0 Å². The second kappa shape index (κ2) is 12.0. The first-order valence-corrected chi connectivity index (χ1v) is 16.8. The summed E-state index contributed by atoms with van der Waals surface area (Å²) in [6.07, 6.45) is 0. The Morgan fingerprint density at radius 2 is 0.808 bits per heavy atom. The predicted octanol–water partition coefficient (Wildman–Crippen LogP) is 9.21. The molecule has 0 N–H and O–H groups in total. The van der Waals surface area contributed by atoms with Crippen molar-refractivity contribution in [1.29, 1.82) is 0 Å². The summed E-state index contributed by atoms with van der Waals surface area (Å²) in [6, 6.07) is 37.9. The zero-order valence-corrected chi connectivity index (χ0v) is 31.6. The Bertz CT molecular complexity index is 2880. The molecule has 0 radical (unpaired) electrons. The molecule has 5 aromatic carbocycles. The molecule has 10 rings (SSSR count). The fraction of sp³-hybridized carbons (Fsp3) is 0.0952. The average molecular weight is 726 g/mol. The van der Waals surface area contributed by atoms with Gasteiger partial charge in [-0.2, -0.15) is 0 Å². The van der Waals surface area contributed by atoms with Crippen molar-refractivity contribution in [2.45, 2.75) is 26.2 Å². The monoisotopic (exact) mass is 724 g/mol. The van der Waals surface area contributed by atoms with E-state index in [1.807, 2.05) is 103 Å². The zero-order valence-electron chi connectivity index (χ0n) is 28.7. The van der Waals surface area contributed by atoms with E-state index in [0.717, 1.165) is 49.5 Å². The molecule has 8 aromatic rings. The van der Waals surface area contributed by atoms with E-state index in [0.29, 0.717) is 51.6 Å². The zero-order chi connectivity index (χ0) is 34.3. The van der Waals surface area contributed by atoms with Crippen LogP contribution in [0.25, 0.3) is 89.7 Å². The molecule has 0 spiro atoms. The maximum absolute atomic E-state index is 6.36. The fourth-order valence-corrected chi connectivity index (χ4v) is 6.71. The molecule has 2 aliphatic rings. The number of rotatable bonds is 2. The number of hydrogen-bond acceptors (Lipinski definition) is 7. The average Bonchev–Trinajstić information content (AvgIpc) is 3.87. The van der Waals surface area contributed by atoms with Crippen LogP contribution in [0.5, 0.6) is 11.5 Å². The number of aromatic nitrogens is 8. The predicted molar refractivity (Wildman–Crippen MR) is 199 cm³/mol. The molecular formula is C42H28N8OZn. The third kappa shape index (κ3) is 5.26. The summed E-state index contributed by atoms with van der Waals surface area (Å²) in [6.45, 7) is 6.59. The van der Waals surface area contributed by atoms with Gasteiger partial charge in [-0.25, -0.2) is 9.97 Å². The first-order chi connectivity index (χ1) is 24.9. The van der Waals surface area contributed by atoms with Crippen molar-refractivity contribution >= 4 is 44.1 Å². The smallest absolute Gasteiger partial charge is 0.457 e. The Morgan fingerprint density at radius 1 is 0.423 bits per heavy atom. The van der Waals surface area contributed by atoms with E-state index in [-0.39, 0.29) is 24.9 Å². The van der Waals surface area contributed by atoms with Crippen LogP contribution in [0, 0.1) is 0 Å². The van der Waals surface area contributed by atoms with Crippen molar-refractivity contribution in [2.24, 2.45) is 0 Å². The molecule has 0 aliphatic carbocycles. The molecule has 0 amide bonds. The number of hydrogen-bond donors (Lipinski definition) is 0. The van der Waals surface area contributed by atoms with Crippen LogP contribution < -0.4 is 14.7 Å². The Balaban J connectivity index is 0.00000360. The summed E-state index contributed by atoms with van der Waals surface area (Å²) < 4.78 is 6.36. The minimum absolute atomic E-state index is 0. The molecule has 0 saturated heterocycles. The van der Waals surface area contributed by atoms with Crippen molar-refractivity contribution in [1.82, 2.24) is 39.9 Å². The standard InChI is InChI=1S/C42H28N8O.Zn/c1-42(2,3)23-16-18-24(19-17-23)51-25-20-21-32-33(22-25)41-49-39-31-15-9-8-14-30(31)37(47-39)45-35-27-11-5-4-10-26(27)34(43-35)44-36-28-12-6-7-13-29(28)38(46-36)48-40(32)50-41;/h4-22H,1-3H3;/q-2;+2. The van der Waals surface area contributed by atoms with E-state index in [9.17, 15) is 0 Å². The van der Waals surface area contributed by atoms with Crippen LogP contribution in [0.2, 0.25) is 0 Å². The largest absolute Gasteiger partial charge is 2.00 e. The third-order valence-electron chi connectivity index (χ3n) is 9.35. The van der Waals surface area contributed by atoms with E-state index in [1.165, 1.54) is 5.56 Å². The van der Waals surface area contributed by atoms with Crippen molar-refractivity contribution in [3.05, 3.63) is 121 Å². The molecule has 244 valence electrons. The number of fused-ring (bicyclic) bond motifs is 20. The van der Waals surface area contributed by atoms with Crippen LogP contribution in [0.1, 0.15) is 26.3 Å². The quantitative estimate of drug-likeness (QED) is 0.161. The maximum Gasteiger partial charge on any atom is 2.00 e. The summed E-state index contributed by atoms with van der Waals surface area (Å²) >= 11 is 0. The van der Waals surface area contributed by atoms with E-state index in [1.54, 1.807) is 0 Å². The molecule has 3 aromatic heterocycles. The fourth-order valence-electron chi connectivity index (χ4n) is 6.71. The van der Waals surface area contributed by atoms with Crippen molar-refractivity contribution in [3.8, 4) is 57.1 Å². The molecule has 0 atom stereocenters. The van der Waals surface area contributed by atoms with Gasteiger partial charge in [-0.05, 0) is 62.9 Å². The maximum atomic E-state index is 6.36. The van der Waals surface area contributed by atoms with Crippen LogP contribution in [0.4, 0.5) is 0 Å². The Morgan fingerprint density at radius 3 is 1.25 bits per heavy atom. The molecule has 0 fully saturated rings. The van der Waals surface area contributed by atoms with Gasteiger partial charge in [0.15, 0.2) is 0 Å². The normalized spacial score (nSPS) is 12.0. The van der Waals surface area contributed by atoms with Crippen LogP contribution in [0.3, 0.4) is 0 Å². The van der Waals surface area contributed by atoms with Gasteiger partial charge in [-0.3, -0.25) is 0 Å². The molecule has 8 bridgehead atoms. The van der Waals surface area contributed by atoms with Gasteiger partial charge < -0.3 is 34.6 Å². The molecule has 10 heteroatoms. The molecule has 5 heterocycles. The van der Waals surface area contributed by atoms with Gasteiger partial charge in [-0.1, -0.05) is 106 Å². The number of nitrogens with zero attached hydrogens (tertiary/aromatic N) is 8. The van der Waals surface area contributed by atoms with Gasteiger partial charge >= 0.3 is 19.5 Å². The van der Waals surface area contributed by atoms with Crippen molar-refractivity contribution in [3.63, 3.8) is 0 Å². The molecule has 0 unspecified atom stereocenters. The number of benzene rings is 5. The summed E-state index contributed by atoms with van der Waals surface area (Å²) in [7, 11) is 0. The first-order valence-electron chi connectivity index (χ1n) is 16.8. The Kier molecular flexibility index (Phi) is 7.34. The van der Waals surface area contributed by atoms with Crippen LogP contribution in [0.15, 0.2) is 115 Å². The van der Waals surface area contributed by atoms with E-state index in [2.05, 4.69) is 32.9 Å². The van der Waals surface area contributed by atoms with Gasteiger partial charge in [0, 0.05) is 44.8 Å². The van der Waals surface area contributed by atoms with E-state index < -0.39 is 0 Å². The second-order valence-electron chi connectivity index (χ2n) is 13.7. The summed E-state index contributed by atoms with van der Waals surface area (Å²) in [5.41, 5.74) is 6.70. The van der Waals surface area contributed by atoms with E-state index >= 15 is 0 Å². The molecular weight excluding hydrogens is 698 g/mol. The first kappa shape index (κ1) is 31.8. The van der Waals surface area contributed by atoms with Gasteiger partial charge in [-0.15, -0.1) is 0 Å².